The lowest BCUT2D eigenvalue weighted by atomic mass is 9.54. The van der Waals surface area contributed by atoms with Crippen LogP contribution in [0.5, 0.6) is 0 Å². The highest BCUT2D eigenvalue weighted by atomic mass is 35.5. The van der Waals surface area contributed by atoms with Gasteiger partial charge in [0.05, 0.1) is 29.1 Å². The summed E-state index contributed by atoms with van der Waals surface area (Å²) in [5.41, 5.74) is -3.46. The Balaban J connectivity index is 2.06. The molecule has 2 aliphatic rings. The Hall–Kier alpha value is -2.60. The maximum absolute atomic E-state index is 10.2. The summed E-state index contributed by atoms with van der Waals surface area (Å²) in [6.45, 7) is 1.63. The van der Waals surface area contributed by atoms with Crippen LogP contribution in [0.4, 0.5) is 0 Å². The van der Waals surface area contributed by atoms with Gasteiger partial charge in [0.25, 0.3) is 0 Å². The predicted octanol–water partition coefficient (Wildman–Crippen LogP) is 5.17. The van der Waals surface area contributed by atoms with Gasteiger partial charge in [-0.05, 0) is 29.6 Å². The van der Waals surface area contributed by atoms with Gasteiger partial charge in [-0.15, -0.1) is 11.3 Å². The lowest BCUT2D eigenvalue weighted by Gasteiger charge is -2.48. The molecule has 4 unspecified atom stereocenters. The van der Waals surface area contributed by atoms with Crippen LogP contribution < -0.4 is 0 Å². The van der Waals surface area contributed by atoms with Crippen molar-refractivity contribution in [1.29, 1.82) is 21.2 Å². The van der Waals surface area contributed by atoms with Gasteiger partial charge in [-0.25, -0.2) is 0 Å². The average Bonchev–Trinajstić information content (AvgIpc) is 3.28. The fourth-order valence-corrected chi connectivity index (χ4v) is 5.67. The molecule has 2 saturated heterocycles. The van der Waals surface area contributed by atoms with Gasteiger partial charge in [0.2, 0.25) is 17.1 Å². The summed E-state index contributed by atoms with van der Waals surface area (Å²) in [5, 5.41) is 41.4. The zero-order valence-electron chi connectivity index (χ0n) is 14.9. The van der Waals surface area contributed by atoms with Gasteiger partial charge in [0.1, 0.15) is 6.10 Å². The number of halogens is 2. The Morgan fingerprint density at radius 2 is 1.86 bits per heavy atom. The number of hydrogen-bond donors (Lipinski definition) is 1. The summed E-state index contributed by atoms with van der Waals surface area (Å²) in [6, 6.07) is 14.3. The molecule has 2 aliphatic heterocycles. The quantitative estimate of drug-likeness (QED) is 0.688. The largest absolute Gasteiger partial charge is 0.443 e. The number of rotatable bonds is 2. The van der Waals surface area contributed by atoms with E-state index in [1.165, 1.54) is 17.4 Å². The van der Waals surface area contributed by atoms with E-state index >= 15 is 0 Å². The summed E-state index contributed by atoms with van der Waals surface area (Å²) in [7, 11) is 0. The van der Waals surface area contributed by atoms with Crippen molar-refractivity contribution >= 4 is 40.4 Å². The lowest BCUT2D eigenvalue weighted by Crippen LogP contribution is -2.57. The Bertz CT molecular complexity index is 1130. The molecule has 0 spiro atoms. The first-order valence-electron chi connectivity index (χ1n) is 8.51. The first-order chi connectivity index (χ1) is 13.8. The van der Waals surface area contributed by atoms with Crippen molar-refractivity contribution in [2.75, 3.05) is 0 Å². The topological polar surface area (TPSA) is 114 Å². The van der Waals surface area contributed by atoms with Crippen LogP contribution in [0.1, 0.15) is 23.5 Å². The van der Waals surface area contributed by atoms with Crippen LogP contribution in [0.3, 0.4) is 0 Å². The number of nitrogens with zero attached hydrogens (tertiary/aromatic N) is 3. The van der Waals surface area contributed by atoms with Crippen molar-refractivity contribution in [2.45, 2.75) is 18.8 Å². The Labute approximate surface area is 180 Å². The Morgan fingerprint density at radius 3 is 2.41 bits per heavy atom. The van der Waals surface area contributed by atoms with E-state index in [0.717, 1.165) is 0 Å². The summed E-state index contributed by atoms with van der Waals surface area (Å²) in [5.74, 6) is -2.98. The molecule has 0 saturated carbocycles. The summed E-state index contributed by atoms with van der Waals surface area (Å²) < 4.78 is 12.2. The maximum Gasteiger partial charge on any atom is 0.245 e. The smallest absolute Gasteiger partial charge is 0.245 e. The van der Waals surface area contributed by atoms with Gasteiger partial charge in [-0.3, -0.25) is 5.41 Å². The fourth-order valence-electron chi connectivity index (χ4n) is 4.31. The van der Waals surface area contributed by atoms with Crippen molar-refractivity contribution in [3.8, 4) is 18.2 Å². The number of nitrogens with one attached hydrogen (secondary N) is 1. The molecule has 9 heteroatoms. The zero-order valence-corrected chi connectivity index (χ0v) is 17.3. The molecule has 1 aromatic heterocycles. The molecule has 29 heavy (non-hydrogen) atoms. The third-order valence-electron chi connectivity index (χ3n) is 5.78. The Kier molecular flexibility index (Phi) is 4.39. The number of nitriles is 3. The van der Waals surface area contributed by atoms with Gasteiger partial charge in [0, 0.05) is 15.5 Å². The molecular formula is C20H12Cl2N4O2S. The van der Waals surface area contributed by atoms with E-state index in [-0.39, 0.29) is 5.02 Å². The van der Waals surface area contributed by atoms with E-state index < -0.39 is 34.5 Å². The second-order valence-corrected chi connectivity index (χ2v) is 8.73. The third-order valence-corrected chi connectivity index (χ3v) is 7.24. The van der Waals surface area contributed by atoms with E-state index in [2.05, 4.69) is 6.07 Å². The molecule has 4 rings (SSSR count). The second kappa shape index (κ2) is 6.46. The van der Waals surface area contributed by atoms with Crippen LogP contribution in [-0.2, 0) is 15.3 Å². The highest BCUT2D eigenvalue weighted by molar-refractivity contribution is 7.10. The van der Waals surface area contributed by atoms with Gasteiger partial charge in [-0.1, -0.05) is 36.2 Å². The molecular weight excluding hydrogens is 431 g/mol. The SMILES string of the molecule is CC1C2(c3ccc(Cl)cc3Cl)OC(=N)C1(C#N)C(C#N)(C#N)C(c1cccs1)O2. The van der Waals surface area contributed by atoms with Crippen molar-refractivity contribution in [3.05, 3.63) is 56.2 Å². The van der Waals surface area contributed by atoms with Crippen LogP contribution in [0, 0.1) is 56.2 Å². The molecule has 2 fully saturated rings. The number of fused-ring (bicyclic) bond motifs is 2. The number of ether oxygens (including phenoxy) is 2. The highest BCUT2D eigenvalue weighted by Gasteiger charge is 2.80. The summed E-state index contributed by atoms with van der Waals surface area (Å²) in [4.78, 5) is 0.576. The molecule has 6 nitrogen and oxygen atoms in total. The summed E-state index contributed by atoms with van der Waals surface area (Å²) >= 11 is 13.8. The molecule has 1 aromatic carbocycles. The molecule has 1 N–H and O–H groups in total. The zero-order chi connectivity index (χ0) is 21.0. The van der Waals surface area contributed by atoms with Gasteiger partial charge < -0.3 is 9.47 Å². The number of hydrogen-bond acceptors (Lipinski definition) is 7. The first kappa shape index (κ1) is 19.7. The Morgan fingerprint density at radius 1 is 1.14 bits per heavy atom. The van der Waals surface area contributed by atoms with E-state index in [9.17, 15) is 15.8 Å². The number of thiophene rings is 1. The van der Waals surface area contributed by atoms with Crippen LogP contribution in [-0.4, -0.2) is 5.90 Å². The van der Waals surface area contributed by atoms with Gasteiger partial charge in [0.15, 0.2) is 5.41 Å². The lowest BCUT2D eigenvalue weighted by molar-refractivity contribution is -0.287. The first-order valence-corrected chi connectivity index (χ1v) is 10.1. The second-order valence-electron chi connectivity index (χ2n) is 6.91. The fraction of sp³-hybridized carbons (Fsp3) is 0.300. The van der Waals surface area contributed by atoms with Crippen molar-refractivity contribution < 1.29 is 9.47 Å². The molecule has 0 amide bonds. The summed E-state index contributed by atoms with van der Waals surface area (Å²) in [6.07, 6.45) is -1.12. The van der Waals surface area contributed by atoms with Crippen molar-refractivity contribution in [2.24, 2.45) is 16.7 Å². The monoisotopic (exact) mass is 442 g/mol. The molecule has 2 bridgehead atoms. The minimum absolute atomic E-state index is 0.234. The molecule has 0 radical (unpaired) electrons. The minimum Gasteiger partial charge on any atom is -0.443 e. The van der Waals surface area contributed by atoms with Crippen LogP contribution >= 0.6 is 34.5 Å². The predicted molar refractivity (Wildman–Crippen MR) is 106 cm³/mol. The van der Waals surface area contributed by atoms with Crippen molar-refractivity contribution in [1.82, 2.24) is 0 Å². The van der Waals surface area contributed by atoms with Gasteiger partial charge >= 0.3 is 0 Å². The molecule has 2 aromatic rings. The van der Waals surface area contributed by atoms with E-state index in [1.807, 2.05) is 12.1 Å². The normalized spacial score (nSPS) is 31.9. The average molecular weight is 443 g/mol. The van der Waals surface area contributed by atoms with Gasteiger partial charge in [-0.2, -0.15) is 15.8 Å². The molecule has 4 atom stereocenters. The van der Waals surface area contributed by atoms with E-state index in [4.69, 9.17) is 38.1 Å². The van der Waals surface area contributed by atoms with Crippen LogP contribution in [0.25, 0.3) is 0 Å². The van der Waals surface area contributed by atoms with Crippen LogP contribution in [0.2, 0.25) is 10.0 Å². The van der Waals surface area contributed by atoms with E-state index in [0.29, 0.717) is 15.5 Å². The highest BCUT2D eigenvalue weighted by Crippen LogP contribution is 2.69. The molecule has 0 aliphatic carbocycles. The van der Waals surface area contributed by atoms with Crippen LogP contribution in [0.15, 0.2) is 35.7 Å². The third kappa shape index (κ3) is 2.21. The van der Waals surface area contributed by atoms with E-state index in [1.54, 1.807) is 36.6 Å². The number of benzene rings is 1. The standard InChI is InChI=1S/C20H12Cl2N4O2S/c1-11-19(10-25)17(26)28-20(11,13-5-4-12(21)7-14(13)22)27-16(15-3-2-6-29-15)18(19,8-23)9-24/h2-7,11,16,26H,1H3. The molecule has 3 heterocycles. The minimum atomic E-state index is -1.98. The maximum atomic E-state index is 10.2. The van der Waals surface area contributed by atoms with Crippen molar-refractivity contribution in [3.63, 3.8) is 0 Å². The molecule has 144 valence electrons.